The van der Waals surface area contributed by atoms with Crippen LogP contribution in [0.4, 0.5) is 5.69 Å². The molecule has 0 spiro atoms. The number of nitrogens with zero attached hydrogens (tertiary/aromatic N) is 1. The summed E-state index contributed by atoms with van der Waals surface area (Å²) in [6, 6.07) is 17.1. The molecule has 0 aromatic heterocycles. The number of nitriles is 1. The number of anilines is 1. The van der Waals surface area contributed by atoms with Gasteiger partial charge in [0, 0.05) is 21.3 Å². The normalized spacial score (nSPS) is 11.5. The van der Waals surface area contributed by atoms with Gasteiger partial charge < -0.3 is 9.50 Å². The van der Waals surface area contributed by atoms with Crippen LogP contribution in [0.3, 0.4) is 0 Å². The zero-order valence-corrected chi connectivity index (χ0v) is 19.9. The minimum absolute atomic E-state index is 0.0347. The topological polar surface area (TPSA) is 96.3 Å². The Morgan fingerprint density at radius 2 is 1.73 bits per heavy atom. The summed E-state index contributed by atoms with van der Waals surface area (Å²) in [5.41, 5.74) is 1.99. The lowest BCUT2D eigenvalue weighted by Gasteiger charge is -2.11. The van der Waals surface area contributed by atoms with Gasteiger partial charge in [-0.1, -0.05) is 47.0 Å². The van der Waals surface area contributed by atoms with E-state index in [1.165, 1.54) is 36.4 Å². The van der Waals surface area contributed by atoms with Gasteiger partial charge in [0.2, 0.25) is 0 Å². The Bertz CT molecular complexity index is 1390. The number of benzene rings is 3. The standard InChI is InChI=1S/C24H18Cl2N2O4S/c1-15-3-8-21(9-4-15)33(30,31)32-23-10-6-19(25)12-17(23)11-18(14-27)24(29)28-20-7-5-16(2)22(26)13-20/h3-13H,1-2H3,(H,28,29)/b18-11+. The fourth-order valence-corrected chi connectivity index (χ4v) is 4.07. The van der Waals surface area contributed by atoms with E-state index in [1.807, 2.05) is 19.9 Å². The lowest BCUT2D eigenvalue weighted by Crippen LogP contribution is -2.14. The van der Waals surface area contributed by atoms with Crippen molar-refractivity contribution in [2.45, 2.75) is 18.7 Å². The first kappa shape index (κ1) is 24.3. The van der Waals surface area contributed by atoms with E-state index in [4.69, 9.17) is 27.4 Å². The maximum Gasteiger partial charge on any atom is 0.339 e. The Balaban J connectivity index is 1.93. The van der Waals surface area contributed by atoms with E-state index in [9.17, 15) is 18.5 Å². The summed E-state index contributed by atoms with van der Waals surface area (Å²) in [6.07, 6.45) is 1.21. The van der Waals surface area contributed by atoms with Crippen molar-refractivity contribution < 1.29 is 17.4 Å². The summed E-state index contributed by atoms with van der Waals surface area (Å²) >= 11 is 12.1. The molecule has 0 bridgehead atoms. The molecule has 3 aromatic carbocycles. The van der Waals surface area contributed by atoms with Crippen LogP contribution in [0.1, 0.15) is 16.7 Å². The second-order valence-electron chi connectivity index (χ2n) is 7.12. The molecule has 0 aliphatic heterocycles. The van der Waals surface area contributed by atoms with Crippen LogP contribution in [-0.4, -0.2) is 14.3 Å². The third-order valence-electron chi connectivity index (χ3n) is 4.58. The van der Waals surface area contributed by atoms with Crippen molar-refractivity contribution in [2.24, 2.45) is 0 Å². The van der Waals surface area contributed by atoms with E-state index in [0.717, 1.165) is 11.1 Å². The predicted molar refractivity (Wildman–Crippen MR) is 129 cm³/mol. The quantitative estimate of drug-likeness (QED) is 0.257. The molecule has 1 amide bonds. The zero-order valence-electron chi connectivity index (χ0n) is 17.6. The molecule has 0 aliphatic carbocycles. The number of halogens is 2. The molecule has 0 radical (unpaired) electrons. The van der Waals surface area contributed by atoms with Gasteiger partial charge in [-0.2, -0.15) is 13.7 Å². The van der Waals surface area contributed by atoms with Crippen molar-refractivity contribution in [3.05, 3.63) is 93.0 Å². The number of aryl methyl sites for hydroxylation is 2. The van der Waals surface area contributed by atoms with E-state index >= 15 is 0 Å². The predicted octanol–water partition coefficient (Wildman–Crippen LogP) is 5.92. The molecule has 6 nitrogen and oxygen atoms in total. The summed E-state index contributed by atoms with van der Waals surface area (Å²) in [6.45, 7) is 3.65. The average Bonchev–Trinajstić information content (AvgIpc) is 2.76. The monoisotopic (exact) mass is 500 g/mol. The molecular formula is C24H18Cl2N2O4S. The molecule has 0 atom stereocenters. The molecule has 0 unspecified atom stereocenters. The highest BCUT2D eigenvalue weighted by Gasteiger charge is 2.19. The van der Waals surface area contributed by atoms with Gasteiger partial charge in [0.1, 0.15) is 22.3 Å². The maximum atomic E-state index is 12.7. The molecule has 0 fully saturated rings. The number of hydrogen-bond donors (Lipinski definition) is 1. The van der Waals surface area contributed by atoms with Crippen LogP contribution in [0.5, 0.6) is 5.75 Å². The lowest BCUT2D eigenvalue weighted by molar-refractivity contribution is -0.112. The van der Waals surface area contributed by atoms with E-state index < -0.39 is 16.0 Å². The number of rotatable bonds is 6. The minimum atomic E-state index is -4.16. The second-order valence-corrected chi connectivity index (χ2v) is 9.51. The van der Waals surface area contributed by atoms with Crippen LogP contribution in [0.2, 0.25) is 10.0 Å². The second kappa shape index (κ2) is 10.1. The number of carbonyl (C=O) groups excluding carboxylic acids is 1. The third-order valence-corrected chi connectivity index (χ3v) is 6.47. The SMILES string of the molecule is Cc1ccc(S(=O)(=O)Oc2ccc(Cl)cc2/C=C(\C#N)C(=O)Nc2ccc(C)c(Cl)c2)cc1. The summed E-state index contributed by atoms with van der Waals surface area (Å²) in [5, 5.41) is 12.9. The van der Waals surface area contributed by atoms with Gasteiger partial charge in [-0.15, -0.1) is 0 Å². The maximum absolute atomic E-state index is 12.7. The van der Waals surface area contributed by atoms with Gasteiger partial charge in [-0.05, 0) is 68.0 Å². The fraction of sp³-hybridized carbons (Fsp3) is 0.0833. The van der Waals surface area contributed by atoms with Gasteiger partial charge in [-0.3, -0.25) is 4.79 Å². The lowest BCUT2D eigenvalue weighted by atomic mass is 10.1. The van der Waals surface area contributed by atoms with Crippen LogP contribution in [-0.2, 0) is 14.9 Å². The molecule has 3 rings (SSSR count). The van der Waals surface area contributed by atoms with E-state index in [2.05, 4.69) is 5.32 Å². The first-order chi connectivity index (χ1) is 15.6. The average molecular weight is 501 g/mol. The van der Waals surface area contributed by atoms with Crippen LogP contribution in [0, 0.1) is 25.2 Å². The van der Waals surface area contributed by atoms with Crippen molar-refractivity contribution >= 4 is 51.0 Å². The van der Waals surface area contributed by atoms with Gasteiger partial charge in [0.05, 0.1) is 0 Å². The molecule has 0 heterocycles. The Morgan fingerprint density at radius 1 is 1.03 bits per heavy atom. The first-order valence-electron chi connectivity index (χ1n) is 9.59. The van der Waals surface area contributed by atoms with Crippen molar-refractivity contribution in [1.29, 1.82) is 5.26 Å². The van der Waals surface area contributed by atoms with Crippen molar-refractivity contribution in [1.82, 2.24) is 0 Å². The number of hydrogen-bond acceptors (Lipinski definition) is 5. The highest BCUT2D eigenvalue weighted by molar-refractivity contribution is 7.87. The molecule has 3 aromatic rings. The highest BCUT2D eigenvalue weighted by Crippen LogP contribution is 2.29. The fourth-order valence-electron chi connectivity index (χ4n) is 2.75. The van der Waals surface area contributed by atoms with Gasteiger partial charge in [0.25, 0.3) is 5.91 Å². The smallest absolute Gasteiger partial charge is 0.339 e. The molecular weight excluding hydrogens is 483 g/mol. The molecule has 0 aliphatic rings. The third kappa shape index (κ3) is 6.14. The Kier molecular flexibility index (Phi) is 7.44. The molecule has 33 heavy (non-hydrogen) atoms. The Labute approximate surface area is 202 Å². The first-order valence-corrected chi connectivity index (χ1v) is 11.8. The summed E-state index contributed by atoms with van der Waals surface area (Å²) in [5.74, 6) is -0.788. The highest BCUT2D eigenvalue weighted by atomic mass is 35.5. The van der Waals surface area contributed by atoms with Gasteiger partial charge >= 0.3 is 10.1 Å². The molecule has 1 N–H and O–H groups in total. The zero-order chi connectivity index (χ0) is 24.2. The van der Waals surface area contributed by atoms with Gasteiger partial charge in [-0.25, -0.2) is 0 Å². The van der Waals surface area contributed by atoms with Gasteiger partial charge in [0.15, 0.2) is 0 Å². The number of nitrogens with one attached hydrogen (secondary N) is 1. The van der Waals surface area contributed by atoms with E-state index in [1.54, 1.807) is 30.3 Å². The van der Waals surface area contributed by atoms with Crippen molar-refractivity contribution in [3.63, 3.8) is 0 Å². The summed E-state index contributed by atoms with van der Waals surface area (Å²) < 4.78 is 30.7. The van der Waals surface area contributed by atoms with Crippen molar-refractivity contribution in [3.8, 4) is 11.8 Å². The Morgan fingerprint density at radius 3 is 2.36 bits per heavy atom. The largest absolute Gasteiger partial charge is 0.378 e. The summed E-state index contributed by atoms with van der Waals surface area (Å²) in [4.78, 5) is 12.6. The van der Waals surface area contributed by atoms with Crippen LogP contribution < -0.4 is 9.50 Å². The van der Waals surface area contributed by atoms with E-state index in [0.29, 0.717) is 10.7 Å². The Hall–Kier alpha value is -3.31. The molecule has 0 saturated heterocycles. The molecule has 9 heteroatoms. The van der Waals surface area contributed by atoms with E-state index in [-0.39, 0.29) is 26.8 Å². The van der Waals surface area contributed by atoms with Crippen LogP contribution >= 0.6 is 23.2 Å². The number of amides is 1. The number of carbonyl (C=O) groups is 1. The minimum Gasteiger partial charge on any atom is -0.378 e. The van der Waals surface area contributed by atoms with Crippen LogP contribution in [0.25, 0.3) is 6.08 Å². The van der Waals surface area contributed by atoms with Crippen molar-refractivity contribution in [2.75, 3.05) is 5.32 Å². The summed E-state index contributed by atoms with van der Waals surface area (Å²) in [7, 11) is -4.16. The molecule has 168 valence electrons. The van der Waals surface area contributed by atoms with Crippen LogP contribution in [0.15, 0.2) is 71.1 Å². The molecule has 0 saturated carbocycles.